The van der Waals surface area contributed by atoms with Gasteiger partial charge in [0.05, 0.1) is 9.40 Å². The maximum atomic E-state index is 11.0. The maximum Gasteiger partial charge on any atom is 0.312 e. The van der Waals surface area contributed by atoms with Crippen LogP contribution in [0, 0.1) is 17.0 Å². The smallest absolute Gasteiger partial charge is 0.312 e. The molecule has 0 fully saturated rings. The topological polar surface area (TPSA) is 90.2 Å². The predicted octanol–water partition coefficient (Wildman–Crippen LogP) is 3.29. The molecule has 1 aromatic heterocycles. The zero-order valence-corrected chi connectivity index (χ0v) is 12.3. The largest absolute Gasteiger partial charge is 0.430 e. The Hall–Kier alpha value is -2.22. The number of anilines is 1. The van der Waals surface area contributed by atoms with Gasteiger partial charge in [-0.05, 0) is 28.9 Å². The van der Waals surface area contributed by atoms with Gasteiger partial charge < -0.3 is 10.1 Å². The van der Waals surface area contributed by atoms with Crippen LogP contribution in [-0.2, 0) is 0 Å². The van der Waals surface area contributed by atoms with E-state index in [1.54, 1.807) is 32.2 Å². The number of nitrogens with zero attached hydrogens (tertiary/aromatic N) is 3. The summed E-state index contributed by atoms with van der Waals surface area (Å²) >= 11 is 3.24. The number of aryl methyl sites for hydroxylation is 1. The molecule has 1 N–H and O–H groups in total. The fourth-order valence-electron chi connectivity index (χ4n) is 1.57. The van der Waals surface area contributed by atoms with Crippen LogP contribution in [0.3, 0.4) is 0 Å². The number of nitro benzene ring substituents is 1. The standard InChI is InChI=1S/C12H11BrN4O3/c1-7-15-10(14-2)6-11(16-7)20-12-8(13)4-3-5-9(12)17(18)19/h3-6H,1-2H3,(H,14,15,16). The lowest BCUT2D eigenvalue weighted by molar-refractivity contribution is -0.385. The Labute approximate surface area is 123 Å². The molecule has 0 aliphatic heterocycles. The van der Waals surface area contributed by atoms with Crippen molar-refractivity contribution in [2.75, 3.05) is 12.4 Å². The summed E-state index contributed by atoms with van der Waals surface area (Å²) in [6, 6.07) is 6.16. The molecule has 0 atom stereocenters. The van der Waals surface area contributed by atoms with Gasteiger partial charge in [0, 0.05) is 19.2 Å². The summed E-state index contributed by atoms with van der Waals surface area (Å²) in [5.74, 6) is 1.42. The fourth-order valence-corrected chi connectivity index (χ4v) is 2.00. The van der Waals surface area contributed by atoms with E-state index < -0.39 is 4.92 Å². The van der Waals surface area contributed by atoms with Crippen LogP contribution in [0.25, 0.3) is 0 Å². The second-order valence-electron chi connectivity index (χ2n) is 3.84. The van der Waals surface area contributed by atoms with Gasteiger partial charge in [-0.2, -0.15) is 4.98 Å². The summed E-state index contributed by atoms with van der Waals surface area (Å²) in [5.41, 5.74) is -0.137. The Bertz CT molecular complexity index is 663. The van der Waals surface area contributed by atoms with E-state index >= 15 is 0 Å². The van der Waals surface area contributed by atoms with Crippen molar-refractivity contribution in [3.63, 3.8) is 0 Å². The average Bonchev–Trinajstić information content (AvgIpc) is 2.40. The number of hydrogen-bond donors (Lipinski definition) is 1. The van der Waals surface area contributed by atoms with E-state index in [1.165, 1.54) is 6.07 Å². The molecule has 0 saturated heterocycles. The first kappa shape index (κ1) is 14.2. The lowest BCUT2D eigenvalue weighted by Gasteiger charge is -2.09. The number of halogens is 1. The van der Waals surface area contributed by atoms with Crippen molar-refractivity contribution in [3.8, 4) is 11.6 Å². The molecule has 2 rings (SSSR count). The van der Waals surface area contributed by atoms with Crippen molar-refractivity contribution in [3.05, 3.63) is 44.7 Å². The van der Waals surface area contributed by atoms with Crippen LogP contribution < -0.4 is 10.1 Å². The van der Waals surface area contributed by atoms with Gasteiger partial charge in [-0.3, -0.25) is 10.1 Å². The quantitative estimate of drug-likeness (QED) is 0.679. The van der Waals surface area contributed by atoms with E-state index in [0.717, 1.165) is 0 Å². The summed E-state index contributed by atoms with van der Waals surface area (Å²) in [6.45, 7) is 1.71. The third-order valence-electron chi connectivity index (χ3n) is 2.42. The van der Waals surface area contributed by atoms with Crippen LogP contribution in [0.4, 0.5) is 11.5 Å². The van der Waals surface area contributed by atoms with Crippen LogP contribution in [0.1, 0.15) is 5.82 Å². The summed E-state index contributed by atoms with van der Waals surface area (Å²) in [7, 11) is 1.71. The molecule has 8 heteroatoms. The molecule has 104 valence electrons. The van der Waals surface area contributed by atoms with Crippen molar-refractivity contribution in [1.29, 1.82) is 0 Å². The molecule has 2 aromatic rings. The Morgan fingerprint density at radius 1 is 1.40 bits per heavy atom. The number of para-hydroxylation sites is 1. The minimum Gasteiger partial charge on any atom is -0.430 e. The highest BCUT2D eigenvalue weighted by molar-refractivity contribution is 9.10. The second-order valence-corrected chi connectivity index (χ2v) is 4.69. The van der Waals surface area contributed by atoms with E-state index in [-0.39, 0.29) is 17.3 Å². The van der Waals surface area contributed by atoms with Crippen LogP contribution in [0.5, 0.6) is 11.6 Å². The van der Waals surface area contributed by atoms with E-state index in [4.69, 9.17) is 4.74 Å². The molecule has 1 heterocycles. The third-order valence-corrected chi connectivity index (χ3v) is 3.04. The summed E-state index contributed by atoms with van der Waals surface area (Å²) in [5, 5.41) is 13.9. The first-order valence-corrected chi connectivity index (χ1v) is 6.44. The molecule has 0 radical (unpaired) electrons. The van der Waals surface area contributed by atoms with Crippen molar-refractivity contribution in [1.82, 2.24) is 9.97 Å². The fraction of sp³-hybridized carbons (Fsp3) is 0.167. The normalized spacial score (nSPS) is 10.2. The Morgan fingerprint density at radius 2 is 2.15 bits per heavy atom. The van der Waals surface area contributed by atoms with E-state index in [0.29, 0.717) is 16.1 Å². The number of hydrogen-bond acceptors (Lipinski definition) is 6. The van der Waals surface area contributed by atoms with Crippen molar-refractivity contribution < 1.29 is 9.66 Å². The van der Waals surface area contributed by atoms with Gasteiger partial charge in [0.25, 0.3) is 0 Å². The van der Waals surface area contributed by atoms with Gasteiger partial charge in [0.15, 0.2) is 0 Å². The first-order chi connectivity index (χ1) is 9.51. The van der Waals surface area contributed by atoms with Crippen LogP contribution in [0.15, 0.2) is 28.7 Å². The minimum absolute atomic E-state index is 0.109. The molecule has 0 spiro atoms. The van der Waals surface area contributed by atoms with Crippen LogP contribution >= 0.6 is 15.9 Å². The van der Waals surface area contributed by atoms with Gasteiger partial charge in [0.2, 0.25) is 11.6 Å². The average molecular weight is 339 g/mol. The molecule has 20 heavy (non-hydrogen) atoms. The number of rotatable bonds is 4. The van der Waals surface area contributed by atoms with Gasteiger partial charge in [0.1, 0.15) is 11.6 Å². The number of benzene rings is 1. The minimum atomic E-state index is -0.507. The highest BCUT2D eigenvalue weighted by Crippen LogP contribution is 2.37. The van der Waals surface area contributed by atoms with Gasteiger partial charge in [-0.25, -0.2) is 4.98 Å². The van der Waals surface area contributed by atoms with Gasteiger partial charge in [-0.1, -0.05) is 6.07 Å². The van der Waals surface area contributed by atoms with Gasteiger partial charge >= 0.3 is 5.69 Å². The molecular formula is C12H11BrN4O3. The Kier molecular flexibility index (Phi) is 4.14. The Morgan fingerprint density at radius 3 is 2.80 bits per heavy atom. The van der Waals surface area contributed by atoms with E-state index in [1.807, 2.05) is 0 Å². The zero-order chi connectivity index (χ0) is 14.7. The van der Waals surface area contributed by atoms with Crippen molar-refractivity contribution in [2.24, 2.45) is 0 Å². The number of ether oxygens (including phenoxy) is 1. The lowest BCUT2D eigenvalue weighted by Crippen LogP contribution is -2.00. The third kappa shape index (κ3) is 3.02. The molecular weight excluding hydrogens is 328 g/mol. The first-order valence-electron chi connectivity index (χ1n) is 5.65. The molecule has 0 aliphatic rings. The molecule has 1 aromatic carbocycles. The number of nitrogens with one attached hydrogen (secondary N) is 1. The molecule has 0 bridgehead atoms. The molecule has 0 aliphatic carbocycles. The van der Waals surface area contributed by atoms with E-state index in [9.17, 15) is 10.1 Å². The molecule has 0 saturated carbocycles. The second kappa shape index (κ2) is 5.83. The van der Waals surface area contributed by atoms with Crippen LogP contribution in [0.2, 0.25) is 0 Å². The SMILES string of the molecule is CNc1cc(Oc2c(Br)cccc2[N+](=O)[O-])nc(C)n1. The number of nitro groups is 1. The summed E-state index contributed by atoms with van der Waals surface area (Å²) in [6.07, 6.45) is 0. The predicted molar refractivity (Wildman–Crippen MR) is 77.2 cm³/mol. The summed E-state index contributed by atoms with van der Waals surface area (Å²) in [4.78, 5) is 18.7. The van der Waals surface area contributed by atoms with Crippen molar-refractivity contribution >= 4 is 27.4 Å². The Balaban J connectivity index is 2.44. The highest BCUT2D eigenvalue weighted by atomic mass is 79.9. The lowest BCUT2D eigenvalue weighted by atomic mass is 10.3. The highest BCUT2D eigenvalue weighted by Gasteiger charge is 2.19. The summed E-state index contributed by atoms with van der Waals surface area (Å²) < 4.78 is 6.03. The van der Waals surface area contributed by atoms with E-state index in [2.05, 4.69) is 31.2 Å². The molecule has 0 amide bonds. The molecule has 0 unspecified atom stereocenters. The maximum absolute atomic E-state index is 11.0. The number of aromatic nitrogens is 2. The molecule has 7 nitrogen and oxygen atoms in total. The van der Waals surface area contributed by atoms with Gasteiger partial charge in [-0.15, -0.1) is 0 Å². The monoisotopic (exact) mass is 338 g/mol. The van der Waals surface area contributed by atoms with Crippen molar-refractivity contribution in [2.45, 2.75) is 6.92 Å². The van der Waals surface area contributed by atoms with Crippen LogP contribution in [-0.4, -0.2) is 21.9 Å². The zero-order valence-electron chi connectivity index (χ0n) is 10.8.